The van der Waals surface area contributed by atoms with Crippen LogP contribution in [0.5, 0.6) is 0 Å². The summed E-state index contributed by atoms with van der Waals surface area (Å²) in [6.07, 6.45) is -0.418. The maximum atomic E-state index is 10.6. The quantitative estimate of drug-likeness (QED) is 0.538. The molecule has 0 aliphatic heterocycles. The lowest BCUT2D eigenvalue weighted by Gasteiger charge is -2.21. The van der Waals surface area contributed by atoms with Crippen LogP contribution in [0.1, 0.15) is 18.4 Å². The number of carbonyl (C=O) groups excluding carboxylic acids is 2. The molecule has 24 heavy (non-hydrogen) atoms. The lowest BCUT2D eigenvalue weighted by atomic mass is 10.2. The second-order valence-corrected chi connectivity index (χ2v) is 7.03. The van der Waals surface area contributed by atoms with Crippen LogP contribution in [0.4, 0.5) is 5.13 Å². The predicted molar refractivity (Wildman–Crippen MR) is 87.4 cm³/mol. The first-order valence-electron chi connectivity index (χ1n) is 7.19. The molecule has 2 aromatic rings. The summed E-state index contributed by atoms with van der Waals surface area (Å²) in [5.41, 5.74) is 1.16. The Morgan fingerprint density at radius 3 is 2.25 bits per heavy atom. The van der Waals surface area contributed by atoms with E-state index in [2.05, 4.69) is 10.2 Å². The number of carboxylic acids is 2. The van der Waals surface area contributed by atoms with E-state index >= 15 is 0 Å². The third-order valence-electron chi connectivity index (χ3n) is 3.04. The zero-order valence-corrected chi connectivity index (χ0v) is 14.3. The Labute approximate surface area is 147 Å². The number of hydrogen-bond donors (Lipinski definition) is 0. The maximum absolute atomic E-state index is 10.6. The number of hydrogen-bond acceptors (Lipinski definition) is 9. The molecular formula is C15H15N3O4S2-2. The summed E-state index contributed by atoms with van der Waals surface area (Å²) in [5, 5.41) is 29.9. The molecule has 0 saturated carbocycles. The molecule has 0 unspecified atom stereocenters. The van der Waals surface area contributed by atoms with Crippen LogP contribution in [0.15, 0.2) is 34.7 Å². The lowest BCUT2D eigenvalue weighted by molar-refractivity contribution is -0.306. The van der Waals surface area contributed by atoms with Crippen molar-refractivity contribution in [3.05, 3.63) is 35.9 Å². The van der Waals surface area contributed by atoms with Crippen LogP contribution in [0.3, 0.4) is 0 Å². The van der Waals surface area contributed by atoms with Crippen molar-refractivity contribution in [2.45, 2.75) is 22.9 Å². The number of benzene rings is 1. The molecule has 1 aromatic carbocycles. The number of thioether (sulfide) groups is 1. The Balaban J connectivity index is 1.97. The molecule has 2 rings (SSSR count). The van der Waals surface area contributed by atoms with E-state index in [0.29, 0.717) is 5.13 Å². The zero-order chi connectivity index (χ0) is 17.4. The Kier molecular flexibility index (Phi) is 7.01. The molecule has 0 N–H and O–H groups in total. The predicted octanol–water partition coefficient (Wildman–Crippen LogP) is -0.0832. The number of aromatic nitrogens is 2. The highest BCUT2D eigenvalue weighted by molar-refractivity contribution is 8.00. The van der Waals surface area contributed by atoms with Gasteiger partial charge in [-0.25, -0.2) is 0 Å². The first-order chi connectivity index (χ1) is 11.5. The van der Waals surface area contributed by atoms with Crippen molar-refractivity contribution in [3.63, 3.8) is 0 Å². The second kappa shape index (κ2) is 9.24. The monoisotopic (exact) mass is 365 g/mol. The van der Waals surface area contributed by atoms with Gasteiger partial charge in [0.15, 0.2) is 4.34 Å². The summed E-state index contributed by atoms with van der Waals surface area (Å²) in [6.45, 7) is 0.237. The highest BCUT2D eigenvalue weighted by Gasteiger charge is 2.13. The summed E-state index contributed by atoms with van der Waals surface area (Å²) < 4.78 is 0.737. The Morgan fingerprint density at radius 2 is 1.67 bits per heavy atom. The number of carboxylic acid groups (broad SMARTS) is 2. The Hall–Kier alpha value is -2.13. The number of carbonyl (C=O) groups is 2. The van der Waals surface area contributed by atoms with E-state index < -0.39 is 11.9 Å². The molecule has 0 aliphatic carbocycles. The number of nitrogens with zero attached hydrogens (tertiary/aromatic N) is 3. The minimum atomic E-state index is -1.20. The third-order valence-corrected chi connectivity index (χ3v) is 5.23. The van der Waals surface area contributed by atoms with Gasteiger partial charge < -0.3 is 24.7 Å². The maximum Gasteiger partial charge on any atom is 0.209 e. The van der Waals surface area contributed by atoms with Gasteiger partial charge in [0.05, 0.1) is 0 Å². The van der Waals surface area contributed by atoms with E-state index in [1.807, 2.05) is 30.3 Å². The van der Waals surface area contributed by atoms with E-state index in [-0.39, 0.29) is 25.9 Å². The highest BCUT2D eigenvalue weighted by Crippen LogP contribution is 2.30. The average Bonchev–Trinajstić information content (AvgIpc) is 3.02. The zero-order valence-electron chi connectivity index (χ0n) is 12.7. The van der Waals surface area contributed by atoms with Crippen molar-refractivity contribution in [1.82, 2.24) is 10.2 Å². The van der Waals surface area contributed by atoms with Crippen LogP contribution < -0.4 is 15.1 Å². The summed E-state index contributed by atoms with van der Waals surface area (Å²) in [7, 11) is 0. The molecule has 0 amide bonds. The van der Waals surface area contributed by atoms with Crippen LogP contribution >= 0.6 is 23.1 Å². The van der Waals surface area contributed by atoms with Gasteiger partial charge in [0.25, 0.3) is 0 Å². The summed E-state index contributed by atoms with van der Waals surface area (Å²) in [6, 6.07) is 9.90. The van der Waals surface area contributed by atoms with E-state index in [1.165, 1.54) is 23.1 Å². The average molecular weight is 365 g/mol. The van der Waals surface area contributed by atoms with Crippen LogP contribution in [0, 0.1) is 0 Å². The molecule has 0 bridgehead atoms. The van der Waals surface area contributed by atoms with Gasteiger partial charge in [-0.1, -0.05) is 53.4 Å². The van der Waals surface area contributed by atoms with Gasteiger partial charge in [0.1, 0.15) is 0 Å². The van der Waals surface area contributed by atoms with E-state index in [4.69, 9.17) is 0 Å². The molecule has 0 atom stereocenters. The van der Waals surface area contributed by atoms with Crippen molar-refractivity contribution < 1.29 is 19.8 Å². The Morgan fingerprint density at radius 1 is 1.04 bits per heavy atom. The fraction of sp³-hybridized carbons (Fsp3) is 0.333. The fourth-order valence-corrected chi connectivity index (χ4v) is 3.71. The molecule has 1 aromatic heterocycles. The molecule has 0 spiro atoms. The number of aliphatic carboxylic acids is 2. The van der Waals surface area contributed by atoms with Crippen LogP contribution in [0.25, 0.3) is 0 Å². The molecule has 128 valence electrons. The lowest BCUT2D eigenvalue weighted by Crippen LogP contribution is -2.34. The van der Waals surface area contributed by atoms with Crippen LogP contribution in [-0.2, 0) is 15.3 Å². The minimum Gasteiger partial charge on any atom is -0.550 e. The minimum absolute atomic E-state index is 0.119. The van der Waals surface area contributed by atoms with Crippen LogP contribution in [0.2, 0.25) is 0 Å². The van der Waals surface area contributed by atoms with Gasteiger partial charge in [-0.2, -0.15) is 0 Å². The molecular weight excluding hydrogens is 350 g/mol. The summed E-state index contributed by atoms with van der Waals surface area (Å²) in [4.78, 5) is 22.8. The SMILES string of the molecule is O=C([O-])CCN(CCC(=O)[O-])c1nnc(SCc2ccccc2)s1. The smallest absolute Gasteiger partial charge is 0.209 e. The van der Waals surface area contributed by atoms with Crippen molar-refractivity contribution in [2.75, 3.05) is 18.0 Å². The normalized spacial score (nSPS) is 10.5. The summed E-state index contributed by atoms with van der Waals surface area (Å²) >= 11 is 2.82. The first kappa shape index (κ1) is 18.2. The van der Waals surface area contributed by atoms with Gasteiger partial charge in [-0.3, -0.25) is 0 Å². The van der Waals surface area contributed by atoms with Gasteiger partial charge in [0.2, 0.25) is 5.13 Å². The Bertz CT molecular complexity index is 660. The van der Waals surface area contributed by atoms with Gasteiger partial charge in [-0.05, 0) is 5.56 Å². The van der Waals surface area contributed by atoms with Crippen molar-refractivity contribution in [2.24, 2.45) is 0 Å². The molecule has 7 nitrogen and oxygen atoms in total. The van der Waals surface area contributed by atoms with E-state index in [1.54, 1.807) is 4.90 Å². The van der Waals surface area contributed by atoms with Crippen molar-refractivity contribution in [1.29, 1.82) is 0 Å². The van der Waals surface area contributed by atoms with Gasteiger partial charge in [-0.15, -0.1) is 10.2 Å². The molecule has 0 aliphatic rings. The third kappa shape index (κ3) is 6.17. The van der Waals surface area contributed by atoms with Crippen molar-refractivity contribution >= 4 is 40.2 Å². The molecule has 1 heterocycles. The van der Waals surface area contributed by atoms with Crippen molar-refractivity contribution in [3.8, 4) is 0 Å². The molecule has 0 saturated heterocycles. The molecule has 0 fully saturated rings. The van der Waals surface area contributed by atoms with E-state index in [9.17, 15) is 19.8 Å². The second-order valence-electron chi connectivity index (χ2n) is 4.86. The molecule has 9 heteroatoms. The highest BCUT2D eigenvalue weighted by atomic mass is 32.2. The molecule has 0 radical (unpaired) electrons. The van der Waals surface area contributed by atoms with Gasteiger partial charge in [0, 0.05) is 43.6 Å². The number of rotatable bonds is 10. The van der Waals surface area contributed by atoms with Gasteiger partial charge >= 0.3 is 0 Å². The van der Waals surface area contributed by atoms with Crippen LogP contribution in [-0.4, -0.2) is 35.2 Å². The topological polar surface area (TPSA) is 109 Å². The van der Waals surface area contributed by atoms with E-state index in [0.717, 1.165) is 15.7 Å². The number of anilines is 1. The first-order valence-corrected chi connectivity index (χ1v) is 8.99. The largest absolute Gasteiger partial charge is 0.550 e. The summed E-state index contributed by atoms with van der Waals surface area (Å²) in [5.74, 6) is -1.65. The standard InChI is InChI=1S/C15H17N3O4S2/c19-12(20)6-8-18(9-7-13(21)22)14-16-17-15(24-14)23-10-11-4-2-1-3-5-11/h1-5H,6-10H2,(H,19,20)(H,21,22)/p-2. The fourth-order valence-electron chi connectivity index (χ4n) is 1.86.